The van der Waals surface area contributed by atoms with E-state index in [4.69, 9.17) is 14.7 Å². The predicted molar refractivity (Wildman–Crippen MR) is 123 cm³/mol. The molecule has 0 radical (unpaired) electrons. The van der Waals surface area contributed by atoms with Gasteiger partial charge >= 0.3 is 0 Å². The summed E-state index contributed by atoms with van der Waals surface area (Å²) in [5.41, 5.74) is 2.30. The number of nitrogens with zero attached hydrogens (tertiary/aromatic N) is 3. The molecule has 0 spiro atoms. The molecule has 1 aromatic carbocycles. The summed E-state index contributed by atoms with van der Waals surface area (Å²) in [6.07, 6.45) is 1.95. The molecule has 7 heteroatoms. The lowest BCUT2D eigenvalue weighted by Crippen LogP contribution is -2.44. The minimum Gasteiger partial charge on any atom is -0.495 e. The van der Waals surface area contributed by atoms with Crippen LogP contribution in [0.4, 0.5) is 5.69 Å². The first-order chi connectivity index (χ1) is 14.1. The van der Waals surface area contributed by atoms with E-state index in [1.165, 1.54) is 5.01 Å². The van der Waals surface area contributed by atoms with E-state index in [0.717, 1.165) is 62.1 Å². The van der Waals surface area contributed by atoms with E-state index >= 15 is 0 Å². The minimum atomic E-state index is 0.365. The SMILES string of the molecule is CCNC(=NCCc1csc(C(C)C)n1)NC1CCN(c2ccccc2OC)C1. The Morgan fingerprint density at radius 2 is 2.21 bits per heavy atom. The normalized spacial score (nSPS) is 17.1. The van der Waals surface area contributed by atoms with Gasteiger partial charge in [0.25, 0.3) is 0 Å². The quantitative estimate of drug-likeness (QED) is 0.509. The highest BCUT2D eigenvalue weighted by Gasteiger charge is 2.25. The van der Waals surface area contributed by atoms with Crippen molar-refractivity contribution < 1.29 is 4.74 Å². The number of para-hydroxylation sites is 2. The number of ether oxygens (including phenoxy) is 1. The number of anilines is 1. The number of methoxy groups -OCH3 is 1. The predicted octanol–water partition coefficient (Wildman–Crippen LogP) is 3.65. The summed E-state index contributed by atoms with van der Waals surface area (Å²) in [7, 11) is 1.73. The number of hydrogen-bond donors (Lipinski definition) is 2. The second-order valence-corrected chi connectivity index (χ2v) is 8.48. The summed E-state index contributed by atoms with van der Waals surface area (Å²) in [4.78, 5) is 11.9. The Bertz CT molecular complexity index is 804. The summed E-state index contributed by atoms with van der Waals surface area (Å²) in [5, 5.41) is 10.3. The van der Waals surface area contributed by atoms with E-state index in [9.17, 15) is 0 Å². The van der Waals surface area contributed by atoms with Gasteiger partial charge in [-0.25, -0.2) is 4.98 Å². The van der Waals surface area contributed by atoms with Crippen LogP contribution in [-0.2, 0) is 6.42 Å². The highest BCUT2D eigenvalue weighted by atomic mass is 32.1. The Hall–Kier alpha value is -2.28. The molecule has 0 amide bonds. The maximum absolute atomic E-state index is 5.52. The zero-order chi connectivity index (χ0) is 20.6. The molecule has 1 aromatic heterocycles. The molecule has 2 N–H and O–H groups in total. The lowest BCUT2D eigenvalue weighted by molar-refractivity contribution is 0.415. The molecule has 0 aliphatic carbocycles. The Morgan fingerprint density at radius 1 is 1.38 bits per heavy atom. The average molecular weight is 416 g/mol. The maximum atomic E-state index is 5.52. The first-order valence-electron chi connectivity index (χ1n) is 10.5. The van der Waals surface area contributed by atoms with Crippen LogP contribution in [0.1, 0.15) is 43.8 Å². The third-order valence-electron chi connectivity index (χ3n) is 5.00. The average Bonchev–Trinajstić information content (AvgIpc) is 3.38. The smallest absolute Gasteiger partial charge is 0.191 e. The molecule has 1 aliphatic rings. The summed E-state index contributed by atoms with van der Waals surface area (Å²) in [6, 6.07) is 8.58. The van der Waals surface area contributed by atoms with Crippen LogP contribution in [0.2, 0.25) is 0 Å². The highest BCUT2D eigenvalue weighted by Crippen LogP contribution is 2.30. The molecule has 6 nitrogen and oxygen atoms in total. The van der Waals surface area contributed by atoms with Gasteiger partial charge in [0.05, 0.1) is 23.5 Å². The molecule has 1 unspecified atom stereocenters. The van der Waals surface area contributed by atoms with Crippen LogP contribution in [0, 0.1) is 0 Å². The second-order valence-electron chi connectivity index (χ2n) is 7.59. The number of aliphatic imine (C=N–C) groups is 1. The van der Waals surface area contributed by atoms with Crippen molar-refractivity contribution in [1.82, 2.24) is 15.6 Å². The molecule has 2 aromatic rings. The highest BCUT2D eigenvalue weighted by molar-refractivity contribution is 7.09. The molecular formula is C22H33N5OS. The van der Waals surface area contributed by atoms with Gasteiger partial charge in [-0.2, -0.15) is 0 Å². The van der Waals surface area contributed by atoms with Crippen molar-refractivity contribution >= 4 is 23.0 Å². The lowest BCUT2D eigenvalue weighted by atomic mass is 10.2. The molecular weight excluding hydrogens is 382 g/mol. The van der Waals surface area contributed by atoms with Crippen LogP contribution in [0.5, 0.6) is 5.75 Å². The fourth-order valence-electron chi connectivity index (χ4n) is 3.49. The van der Waals surface area contributed by atoms with Crippen molar-refractivity contribution in [1.29, 1.82) is 0 Å². The van der Waals surface area contributed by atoms with Crippen molar-refractivity contribution in [2.75, 3.05) is 38.2 Å². The number of rotatable bonds is 8. The molecule has 29 heavy (non-hydrogen) atoms. The summed E-state index contributed by atoms with van der Waals surface area (Å²) in [6.45, 7) is 10.0. The molecule has 0 saturated carbocycles. The second kappa shape index (κ2) is 10.5. The zero-order valence-corrected chi connectivity index (χ0v) is 18.8. The summed E-state index contributed by atoms with van der Waals surface area (Å²) in [5.74, 6) is 2.31. The third-order valence-corrected chi connectivity index (χ3v) is 6.19. The molecule has 2 heterocycles. The van der Waals surface area contributed by atoms with Gasteiger partial charge in [0.1, 0.15) is 5.75 Å². The van der Waals surface area contributed by atoms with Crippen molar-refractivity contribution in [3.8, 4) is 5.75 Å². The Balaban J connectivity index is 1.55. The first kappa shape index (κ1) is 21.4. The lowest BCUT2D eigenvalue weighted by Gasteiger charge is -2.22. The third kappa shape index (κ3) is 5.85. The topological polar surface area (TPSA) is 61.8 Å². The van der Waals surface area contributed by atoms with E-state index < -0.39 is 0 Å². The molecule has 158 valence electrons. The van der Waals surface area contributed by atoms with Gasteiger partial charge in [0.2, 0.25) is 0 Å². The van der Waals surface area contributed by atoms with Crippen molar-refractivity contribution in [3.05, 3.63) is 40.3 Å². The van der Waals surface area contributed by atoms with Crippen LogP contribution in [-0.4, -0.2) is 50.3 Å². The monoisotopic (exact) mass is 415 g/mol. The van der Waals surface area contributed by atoms with Gasteiger partial charge in [-0.05, 0) is 25.5 Å². The van der Waals surface area contributed by atoms with Gasteiger partial charge in [-0.15, -0.1) is 11.3 Å². The molecule has 1 saturated heterocycles. The maximum Gasteiger partial charge on any atom is 0.191 e. The van der Waals surface area contributed by atoms with Crippen LogP contribution in [0.3, 0.4) is 0 Å². The number of hydrogen-bond acceptors (Lipinski definition) is 5. The van der Waals surface area contributed by atoms with E-state index in [0.29, 0.717) is 12.0 Å². The molecule has 0 bridgehead atoms. The van der Waals surface area contributed by atoms with E-state index in [1.54, 1.807) is 18.4 Å². The fraction of sp³-hybridized carbons (Fsp3) is 0.545. The standard InChI is InChI=1S/C22H33N5OS/c1-5-23-22(24-12-10-18-15-29-21(25-18)16(2)3)26-17-11-13-27(14-17)19-8-6-7-9-20(19)28-4/h6-9,15-17H,5,10-14H2,1-4H3,(H2,23,24,26). The van der Waals surface area contributed by atoms with Crippen molar-refractivity contribution in [2.24, 2.45) is 4.99 Å². The Labute approximate surface area is 178 Å². The molecule has 1 atom stereocenters. The van der Waals surface area contributed by atoms with Gasteiger partial charge in [-0.1, -0.05) is 26.0 Å². The van der Waals surface area contributed by atoms with Crippen LogP contribution < -0.4 is 20.3 Å². The summed E-state index contributed by atoms with van der Waals surface area (Å²) < 4.78 is 5.52. The van der Waals surface area contributed by atoms with E-state index in [-0.39, 0.29) is 0 Å². The number of nitrogens with one attached hydrogen (secondary N) is 2. The van der Waals surface area contributed by atoms with Crippen molar-refractivity contribution in [2.45, 2.75) is 45.6 Å². The van der Waals surface area contributed by atoms with Gasteiger partial charge in [-0.3, -0.25) is 4.99 Å². The van der Waals surface area contributed by atoms with Crippen LogP contribution in [0.15, 0.2) is 34.6 Å². The number of thiazole rings is 1. The van der Waals surface area contributed by atoms with E-state index in [1.807, 2.05) is 12.1 Å². The van der Waals surface area contributed by atoms with Gasteiger partial charge in [0, 0.05) is 49.9 Å². The zero-order valence-electron chi connectivity index (χ0n) is 17.9. The molecule has 1 fully saturated rings. The molecule has 1 aliphatic heterocycles. The van der Waals surface area contributed by atoms with Gasteiger partial charge in [0.15, 0.2) is 5.96 Å². The van der Waals surface area contributed by atoms with Crippen molar-refractivity contribution in [3.63, 3.8) is 0 Å². The fourth-order valence-corrected chi connectivity index (χ4v) is 4.36. The van der Waals surface area contributed by atoms with Gasteiger partial charge < -0.3 is 20.3 Å². The Morgan fingerprint density at radius 3 is 2.93 bits per heavy atom. The largest absolute Gasteiger partial charge is 0.495 e. The van der Waals surface area contributed by atoms with Crippen LogP contribution >= 0.6 is 11.3 Å². The van der Waals surface area contributed by atoms with E-state index in [2.05, 4.69) is 53.8 Å². The minimum absolute atomic E-state index is 0.365. The molecule has 3 rings (SSSR count). The number of aromatic nitrogens is 1. The van der Waals surface area contributed by atoms with Crippen LogP contribution in [0.25, 0.3) is 0 Å². The summed E-state index contributed by atoms with van der Waals surface area (Å²) >= 11 is 1.75. The first-order valence-corrected chi connectivity index (χ1v) is 11.4. The number of guanidine groups is 1. The number of benzene rings is 1. The Kier molecular flexibility index (Phi) is 7.75.